The minimum absolute atomic E-state index is 0.330. The summed E-state index contributed by atoms with van der Waals surface area (Å²) in [5.74, 6) is -0.905. The molecular weight excluding hydrogens is 322 g/mol. The number of anilines is 3. The minimum atomic E-state index is -0.905. The van der Waals surface area contributed by atoms with E-state index in [1.165, 1.54) is 17.0 Å². The number of aromatic carboxylic acids is 1. The normalized spacial score (nSPS) is 10.7. The number of carbonyl (C=O) groups is 1. The highest BCUT2D eigenvalue weighted by atomic mass is 32.1. The van der Waals surface area contributed by atoms with Gasteiger partial charge in [-0.2, -0.15) is 0 Å². The Morgan fingerprint density at radius 2 is 2.00 bits per heavy atom. The van der Waals surface area contributed by atoms with Gasteiger partial charge in [-0.15, -0.1) is 0 Å². The summed E-state index contributed by atoms with van der Waals surface area (Å²) >= 11 is 1.20. The number of aromatic nitrogens is 1. The van der Waals surface area contributed by atoms with Gasteiger partial charge in [0.2, 0.25) is 0 Å². The lowest BCUT2D eigenvalue weighted by Crippen LogP contribution is -2.21. The van der Waals surface area contributed by atoms with E-state index in [0.717, 1.165) is 30.8 Å². The fourth-order valence-electron chi connectivity index (χ4n) is 2.67. The van der Waals surface area contributed by atoms with Gasteiger partial charge in [-0.05, 0) is 51.0 Å². The Labute approximate surface area is 147 Å². The van der Waals surface area contributed by atoms with E-state index in [9.17, 15) is 9.90 Å². The molecule has 0 fully saturated rings. The van der Waals surface area contributed by atoms with Crippen LogP contribution in [0, 0.1) is 6.92 Å². The second kappa shape index (κ2) is 8.15. The Kier molecular flexibility index (Phi) is 6.20. The van der Waals surface area contributed by atoms with Gasteiger partial charge in [0, 0.05) is 24.5 Å². The summed E-state index contributed by atoms with van der Waals surface area (Å²) in [5.41, 5.74) is 3.93. The number of hydrogen-bond donors (Lipinski definition) is 2. The molecule has 0 spiro atoms. The smallest absolute Gasteiger partial charge is 0.347 e. The quantitative estimate of drug-likeness (QED) is 0.725. The first-order chi connectivity index (χ1) is 11.5. The van der Waals surface area contributed by atoms with Crippen molar-refractivity contribution in [3.63, 3.8) is 0 Å². The number of carboxylic acid groups (broad SMARTS) is 1. The predicted molar refractivity (Wildman–Crippen MR) is 101 cm³/mol. The van der Waals surface area contributed by atoms with Crippen molar-refractivity contribution in [3.8, 4) is 0 Å². The summed E-state index contributed by atoms with van der Waals surface area (Å²) in [6.45, 7) is 10.3. The van der Waals surface area contributed by atoms with Crippen molar-refractivity contribution in [2.75, 3.05) is 23.3 Å². The molecule has 0 bridgehead atoms. The molecule has 2 aromatic rings. The molecule has 0 atom stereocenters. The standard InChI is InChI=1S/C18H25N3O2S/c1-5-8-15-16(17(22)23)24-18(20-15)19-14-10-9-13(11-12(14)4)21(6-2)7-3/h9-11H,5-8H2,1-4H3,(H,19,20)(H,22,23). The van der Waals surface area contributed by atoms with Crippen molar-refractivity contribution < 1.29 is 9.90 Å². The van der Waals surface area contributed by atoms with E-state index in [1.54, 1.807) is 0 Å². The number of nitrogens with one attached hydrogen (secondary N) is 1. The zero-order valence-electron chi connectivity index (χ0n) is 14.7. The van der Waals surface area contributed by atoms with Crippen LogP contribution in [0.25, 0.3) is 0 Å². The summed E-state index contributed by atoms with van der Waals surface area (Å²) < 4.78 is 0. The molecular formula is C18H25N3O2S. The van der Waals surface area contributed by atoms with Crippen LogP contribution in [0.2, 0.25) is 0 Å². The first-order valence-electron chi connectivity index (χ1n) is 8.35. The molecule has 0 unspecified atom stereocenters. The van der Waals surface area contributed by atoms with Crippen LogP contribution in [0.1, 0.15) is 48.1 Å². The molecule has 1 heterocycles. The van der Waals surface area contributed by atoms with Gasteiger partial charge >= 0.3 is 5.97 Å². The van der Waals surface area contributed by atoms with Gasteiger partial charge in [0.1, 0.15) is 4.88 Å². The van der Waals surface area contributed by atoms with E-state index in [0.29, 0.717) is 22.1 Å². The van der Waals surface area contributed by atoms with Crippen molar-refractivity contribution in [2.45, 2.75) is 40.5 Å². The molecule has 130 valence electrons. The third-order valence-corrected chi connectivity index (χ3v) is 4.96. The van der Waals surface area contributed by atoms with Crippen molar-refractivity contribution >= 4 is 33.8 Å². The lowest BCUT2D eigenvalue weighted by molar-refractivity contribution is 0.0700. The molecule has 5 nitrogen and oxygen atoms in total. The number of benzene rings is 1. The summed E-state index contributed by atoms with van der Waals surface area (Å²) in [5, 5.41) is 13.2. The van der Waals surface area contributed by atoms with Gasteiger partial charge in [0.15, 0.2) is 5.13 Å². The Morgan fingerprint density at radius 3 is 2.54 bits per heavy atom. The highest BCUT2D eigenvalue weighted by Crippen LogP contribution is 2.30. The van der Waals surface area contributed by atoms with Crippen molar-refractivity contribution in [3.05, 3.63) is 34.3 Å². The van der Waals surface area contributed by atoms with Gasteiger partial charge < -0.3 is 15.3 Å². The lowest BCUT2D eigenvalue weighted by Gasteiger charge is -2.22. The predicted octanol–water partition coefficient (Wildman–Crippen LogP) is 4.69. The van der Waals surface area contributed by atoms with Gasteiger partial charge in [-0.3, -0.25) is 0 Å². The van der Waals surface area contributed by atoms with Gasteiger partial charge in [0.25, 0.3) is 0 Å². The van der Waals surface area contributed by atoms with Crippen LogP contribution in [-0.4, -0.2) is 29.1 Å². The third-order valence-electron chi connectivity index (χ3n) is 3.96. The van der Waals surface area contributed by atoms with E-state index in [-0.39, 0.29) is 0 Å². The zero-order chi connectivity index (χ0) is 17.7. The van der Waals surface area contributed by atoms with Crippen LogP contribution in [0.5, 0.6) is 0 Å². The summed E-state index contributed by atoms with van der Waals surface area (Å²) in [7, 11) is 0. The van der Waals surface area contributed by atoms with Crippen LogP contribution in [-0.2, 0) is 6.42 Å². The topological polar surface area (TPSA) is 65.5 Å². The number of carboxylic acids is 1. The summed E-state index contributed by atoms with van der Waals surface area (Å²) in [6.07, 6.45) is 1.56. The highest BCUT2D eigenvalue weighted by molar-refractivity contribution is 7.17. The Bertz CT molecular complexity index is 708. The fourth-order valence-corrected chi connectivity index (χ4v) is 3.53. The third kappa shape index (κ3) is 4.06. The molecule has 2 N–H and O–H groups in total. The first-order valence-corrected chi connectivity index (χ1v) is 9.17. The average molecular weight is 347 g/mol. The van der Waals surface area contributed by atoms with E-state index < -0.39 is 5.97 Å². The van der Waals surface area contributed by atoms with Crippen LogP contribution < -0.4 is 10.2 Å². The minimum Gasteiger partial charge on any atom is -0.477 e. The monoisotopic (exact) mass is 347 g/mol. The van der Waals surface area contributed by atoms with E-state index in [4.69, 9.17) is 0 Å². The molecule has 0 saturated heterocycles. The van der Waals surface area contributed by atoms with E-state index in [2.05, 4.69) is 41.2 Å². The summed E-state index contributed by atoms with van der Waals surface area (Å²) in [6, 6.07) is 6.26. The average Bonchev–Trinajstić information content (AvgIpc) is 2.94. The Hall–Kier alpha value is -2.08. The van der Waals surface area contributed by atoms with Crippen LogP contribution in [0.3, 0.4) is 0 Å². The molecule has 2 rings (SSSR count). The van der Waals surface area contributed by atoms with Crippen molar-refractivity contribution in [1.29, 1.82) is 0 Å². The number of rotatable bonds is 8. The second-order valence-electron chi connectivity index (χ2n) is 5.65. The molecule has 0 aliphatic rings. The van der Waals surface area contributed by atoms with Crippen LogP contribution in [0.15, 0.2) is 18.2 Å². The first kappa shape index (κ1) is 18.3. The Balaban J connectivity index is 2.25. The van der Waals surface area contributed by atoms with E-state index in [1.807, 2.05) is 19.9 Å². The maximum atomic E-state index is 11.4. The maximum absolute atomic E-state index is 11.4. The zero-order valence-corrected chi connectivity index (χ0v) is 15.5. The molecule has 6 heteroatoms. The Morgan fingerprint density at radius 1 is 1.29 bits per heavy atom. The fraction of sp³-hybridized carbons (Fsp3) is 0.444. The van der Waals surface area contributed by atoms with Gasteiger partial charge in [-0.1, -0.05) is 24.7 Å². The number of aryl methyl sites for hydroxylation is 2. The molecule has 1 aromatic heterocycles. The maximum Gasteiger partial charge on any atom is 0.347 e. The molecule has 0 aliphatic carbocycles. The second-order valence-corrected chi connectivity index (χ2v) is 6.65. The largest absolute Gasteiger partial charge is 0.477 e. The summed E-state index contributed by atoms with van der Waals surface area (Å²) in [4.78, 5) is 18.4. The van der Waals surface area contributed by atoms with Gasteiger partial charge in [0.05, 0.1) is 5.69 Å². The molecule has 0 saturated carbocycles. The molecule has 0 amide bonds. The van der Waals surface area contributed by atoms with Crippen LogP contribution >= 0.6 is 11.3 Å². The SMILES string of the molecule is CCCc1nc(Nc2ccc(N(CC)CC)cc2C)sc1C(=O)O. The number of hydrogen-bond acceptors (Lipinski definition) is 5. The van der Waals surface area contributed by atoms with Gasteiger partial charge in [-0.25, -0.2) is 9.78 Å². The van der Waals surface area contributed by atoms with Crippen LogP contribution in [0.4, 0.5) is 16.5 Å². The molecule has 0 radical (unpaired) electrons. The van der Waals surface area contributed by atoms with E-state index >= 15 is 0 Å². The van der Waals surface area contributed by atoms with Crippen molar-refractivity contribution in [1.82, 2.24) is 4.98 Å². The molecule has 0 aliphatic heterocycles. The number of nitrogens with zero attached hydrogens (tertiary/aromatic N) is 2. The van der Waals surface area contributed by atoms with Crippen molar-refractivity contribution in [2.24, 2.45) is 0 Å². The lowest BCUT2D eigenvalue weighted by atomic mass is 10.1. The molecule has 1 aromatic carbocycles. The number of thiazole rings is 1. The molecule has 24 heavy (non-hydrogen) atoms. The highest BCUT2D eigenvalue weighted by Gasteiger charge is 2.17.